The lowest BCUT2D eigenvalue weighted by molar-refractivity contribution is -0.147. The Balaban J connectivity index is 2.06. The molecule has 2 amide bonds. The Morgan fingerprint density at radius 1 is 1.44 bits per heavy atom. The first-order valence-electron chi connectivity index (χ1n) is 6.30. The number of carbonyl (C=O) groups excluding carboxylic acids is 2. The van der Waals surface area contributed by atoms with Crippen molar-refractivity contribution >= 4 is 23.6 Å². The van der Waals surface area contributed by atoms with Crippen LogP contribution in [0.15, 0.2) is 0 Å². The van der Waals surface area contributed by atoms with Crippen LogP contribution in [0.25, 0.3) is 0 Å². The molecule has 0 bridgehead atoms. The maximum absolute atomic E-state index is 12.3. The van der Waals surface area contributed by atoms with Gasteiger partial charge in [0.15, 0.2) is 0 Å². The number of fused-ring (bicyclic) bond motifs is 1. The number of nitrogens with one attached hydrogen (secondary N) is 1. The lowest BCUT2D eigenvalue weighted by atomic mass is 10.1. The molecule has 0 radical (unpaired) electrons. The van der Waals surface area contributed by atoms with Crippen molar-refractivity contribution in [1.82, 2.24) is 15.1 Å². The summed E-state index contributed by atoms with van der Waals surface area (Å²) in [6.07, 6.45) is 3.48. The SMILES string of the molecule is CSCC[C@H]1NC(=O)[C@@H]2C[C@@H](N(C)C)CN2C1=O. The van der Waals surface area contributed by atoms with E-state index in [4.69, 9.17) is 0 Å². The first-order valence-corrected chi connectivity index (χ1v) is 7.70. The molecule has 2 aliphatic rings. The average Bonchev–Trinajstić information content (AvgIpc) is 2.78. The summed E-state index contributed by atoms with van der Waals surface area (Å²) in [6.45, 7) is 0.680. The molecule has 0 aromatic carbocycles. The quantitative estimate of drug-likeness (QED) is 0.767. The van der Waals surface area contributed by atoms with Gasteiger partial charge in [-0.1, -0.05) is 0 Å². The second-order valence-corrected chi connectivity index (χ2v) is 6.19. The summed E-state index contributed by atoms with van der Waals surface area (Å²) >= 11 is 1.70. The largest absolute Gasteiger partial charge is 0.342 e. The van der Waals surface area contributed by atoms with Gasteiger partial charge in [0.05, 0.1) is 0 Å². The highest BCUT2D eigenvalue weighted by molar-refractivity contribution is 7.98. The molecule has 0 spiro atoms. The fourth-order valence-corrected chi connectivity index (χ4v) is 3.11. The summed E-state index contributed by atoms with van der Waals surface area (Å²) in [7, 11) is 3.99. The lowest BCUT2D eigenvalue weighted by Crippen LogP contribution is -2.61. The van der Waals surface area contributed by atoms with Gasteiger partial charge >= 0.3 is 0 Å². The van der Waals surface area contributed by atoms with Crippen molar-refractivity contribution in [2.24, 2.45) is 0 Å². The lowest BCUT2D eigenvalue weighted by Gasteiger charge is -2.34. The Kier molecular flexibility index (Phi) is 4.17. The molecule has 0 unspecified atom stereocenters. The zero-order valence-electron chi connectivity index (χ0n) is 11.2. The first-order chi connectivity index (χ1) is 8.54. The number of hydrogen-bond donors (Lipinski definition) is 1. The number of carbonyl (C=O) groups is 2. The van der Waals surface area contributed by atoms with E-state index in [-0.39, 0.29) is 23.9 Å². The van der Waals surface area contributed by atoms with Crippen molar-refractivity contribution in [3.63, 3.8) is 0 Å². The van der Waals surface area contributed by atoms with Crippen LogP contribution in [0.1, 0.15) is 12.8 Å². The minimum absolute atomic E-state index is 0.0186. The van der Waals surface area contributed by atoms with Crippen molar-refractivity contribution in [2.45, 2.75) is 31.0 Å². The van der Waals surface area contributed by atoms with E-state index in [2.05, 4.69) is 10.2 Å². The molecule has 6 heteroatoms. The number of nitrogens with zero attached hydrogens (tertiary/aromatic N) is 2. The van der Waals surface area contributed by atoms with Gasteiger partial charge in [0.1, 0.15) is 12.1 Å². The van der Waals surface area contributed by atoms with Crippen molar-refractivity contribution in [3.05, 3.63) is 0 Å². The van der Waals surface area contributed by atoms with E-state index in [0.29, 0.717) is 12.6 Å². The van der Waals surface area contributed by atoms with Crippen molar-refractivity contribution < 1.29 is 9.59 Å². The number of rotatable bonds is 4. The van der Waals surface area contributed by atoms with E-state index in [1.807, 2.05) is 20.4 Å². The van der Waals surface area contributed by atoms with Crippen LogP contribution in [0, 0.1) is 0 Å². The molecule has 0 aromatic rings. The monoisotopic (exact) mass is 271 g/mol. The molecular weight excluding hydrogens is 250 g/mol. The predicted molar refractivity (Wildman–Crippen MR) is 72.5 cm³/mol. The van der Waals surface area contributed by atoms with Crippen LogP contribution in [0.4, 0.5) is 0 Å². The average molecular weight is 271 g/mol. The molecule has 2 rings (SSSR count). The summed E-state index contributed by atoms with van der Waals surface area (Å²) in [5.74, 6) is 1.01. The van der Waals surface area contributed by atoms with Crippen LogP contribution in [-0.4, -0.2) is 72.4 Å². The molecule has 0 aromatic heterocycles. The van der Waals surface area contributed by atoms with Gasteiger partial charge in [0.2, 0.25) is 11.8 Å². The Morgan fingerprint density at radius 3 is 2.78 bits per heavy atom. The molecule has 18 heavy (non-hydrogen) atoms. The summed E-state index contributed by atoms with van der Waals surface area (Å²) in [5.41, 5.74) is 0. The van der Waals surface area contributed by atoms with Crippen LogP contribution in [0.5, 0.6) is 0 Å². The van der Waals surface area contributed by atoms with Crippen LogP contribution in [0.2, 0.25) is 0 Å². The zero-order valence-corrected chi connectivity index (χ0v) is 12.0. The molecule has 2 aliphatic heterocycles. The predicted octanol–water partition coefficient (Wildman–Crippen LogP) is -0.231. The Labute approximate surface area is 112 Å². The van der Waals surface area contributed by atoms with Gasteiger partial charge in [-0.2, -0.15) is 11.8 Å². The molecule has 0 saturated carbocycles. The molecule has 0 aliphatic carbocycles. The molecule has 5 nitrogen and oxygen atoms in total. The summed E-state index contributed by atoms with van der Waals surface area (Å²) in [4.78, 5) is 28.2. The van der Waals surface area contributed by atoms with Gasteiger partial charge in [0.25, 0.3) is 0 Å². The van der Waals surface area contributed by atoms with E-state index in [0.717, 1.165) is 18.6 Å². The smallest absolute Gasteiger partial charge is 0.245 e. The maximum Gasteiger partial charge on any atom is 0.245 e. The Hall–Kier alpha value is -0.750. The minimum Gasteiger partial charge on any atom is -0.342 e. The molecule has 3 atom stereocenters. The summed E-state index contributed by atoms with van der Waals surface area (Å²) in [6, 6.07) is -0.276. The molecule has 2 heterocycles. The fraction of sp³-hybridized carbons (Fsp3) is 0.833. The Morgan fingerprint density at radius 2 is 2.17 bits per heavy atom. The van der Waals surface area contributed by atoms with Gasteiger partial charge in [-0.25, -0.2) is 0 Å². The standard InChI is InChI=1S/C12H21N3O2S/c1-14(2)8-6-10-11(16)13-9(4-5-18-3)12(17)15(10)7-8/h8-10H,4-7H2,1-3H3,(H,13,16)/t8-,9-,10+/m1/s1. The van der Waals surface area contributed by atoms with E-state index in [1.165, 1.54) is 0 Å². The molecule has 2 saturated heterocycles. The second-order valence-electron chi connectivity index (χ2n) is 5.20. The third-order valence-electron chi connectivity index (χ3n) is 3.82. The van der Waals surface area contributed by atoms with Gasteiger partial charge in [0, 0.05) is 12.6 Å². The van der Waals surface area contributed by atoms with E-state index < -0.39 is 0 Å². The van der Waals surface area contributed by atoms with Gasteiger partial charge in [-0.05, 0) is 38.9 Å². The number of likely N-dealkylation sites (N-methyl/N-ethyl adjacent to an activating group) is 1. The van der Waals surface area contributed by atoms with Gasteiger partial charge < -0.3 is 15.1 Å². The fourth-order valence-electron chi connectivity index (χ4n) is 2.64. The minimum atomic E-state index is -0.317. The molecule has 2 fully saturated rings. The van der Waals surface area contributed by atoms with Crippen LogP contribution in [-0.2, 0) is 9.59 Å². The molecule has 102 valence electrons. The highest BCUT2D eigenvalue weighted by Gasteiger charge is 2.46. The highest BCUT2D eigenvalue weighted by atomic mass is 32.2. The van der Waals surface area contributed by atoms with Gasteiger partial charge in [-0.15, -0.1) is 0 Å². The Bertz CT molecular complexity index is 348. The van der Waals surface area contributed by atoms with Crippen LogP contribution >= 0.6 is 11.8 Å². The van der Waals surface area contributed by atoms with Crippen molar-refractivity contribution in [3.8, 4) is 0 Å². The number of amides is 2. The van der Waals surface area contributed by atoms with Gasteiger partial charge in [-0.3, -0.25) is 9.59 Å². The van der Waals surface area contributed by atoms with E-state index in [1.54, 1.807) is 16.7 Å². The molecular formula is C12H21N3O2S. The summed E-state index contributed by atoms with van der Waals surface area (Å²) in [5, 5.41) is 2.87. The van der Waals surface area contributed by atoms with Crippen LogP contribution in [0.3, 0.4) is 0 Å². The number of hydrogen-bond acceptors (Lipinski definition) is 4. The van der Waals surface area contributed by atoms with Crippen LogP contribution < -0.4 is 5.32 Å². The third kappa shape index (κ3) is 2.49. The third-order valence-corrected chi connectivity index (χ3v) is 4.46. The highest BCUT2D eigenvalue weighted by Crippen LogP contribution is 2.25. The normalized spacial score (nSPS) is 31.8. The molecule has 1 N–H and O–H groups in total. The topological polar surface area (TPSA) is 52.7 Å². The first kappa shape index (κ1) is 13.7. The second kappa shape index (κ2) is 5.48. The van der Waals surface area contributed by atoms with Crippen molar-refractivity contribution in [1.29, 1.82) is 0 Å². The van der Waals surface area contributed by atoms with Crippen molar-refractivity contribution in [2.75, 3.05) is 32.6 Å². The van der Waals surface area contributed by atoms with E-state index in [9.17, 15) is 9.59 Å². The number of thioether (sulfide) groups is 1. The number of piperazine rings is 1. The maximum atomic E-state index is 12.3. The zero-order chi connectivity index (χ0) is 13.3. The van der Waals surface area contributed by atoms with E-state index >= 15 is 0 Å². The summed E-state index contributed by atoms with van der Waals surface area (Å²) < 4.78 is 0.